The molecule has 0 atom stereocenters. The Hall–Kier alpha value is -0.560. The Kier molecular flexibility index (Phi) is 3.23. The van der Waals surface area contributed by atoms with Gasteiger partial charge >= 0.3 is 0 Å². The van der Waals surface area contributed by atoms with Gasteiger partial charge in [-0.05, 0) is 19.4 Å². The summed E-state index contributed by atoms with van der Waals surface area (Å²) in [5.74, 6) is 0. The van der Waals surface area contributed by atoms with Crippen LogP contribution in [0.25, 0.3) is 0 Å². The van der Waals surface area contributed by atoms with Gasteiger partial charge in [0.15, 0.2) is 0 Å². The maximum absolute atomic E-state index is 3.30. The van der Waals surface area contributed by atoms with Gasteiger partial charge in [-0.25, -0.2) is 0 Å². The van der Waals surface area contributed by atoms with Gasteiger partial charge in [0.2, 0.25) is 0 Å². The summed E-state index contributed by atoms with van der Waals surface area (Å²) in [6.07, 6.45) is 8.93. The van der Waals surface area contributed by atoms with E-state index in [0.717, 1.165) is 19.5 Å². The topological polar surface area (TPSA) is 12.0 Å². The van der Waals surface area contributed by atoms with E-state index in [4.69, 9.17) is 0 Å². The third-order valence-electron chi connectivity index (χ3n) is 1.68. The molecule has 1 rings (SSSR count). The number of hydrogen-bond acceptors (Lipinski definition) is 1. The van der Waals surface area contributed by atoms with Crippen LogP contribution in [0.15, 0.2) is 23.8 Å². The Balaban J connectivity index is 2.31. The lowest BCUT2D eigenvalue weighted by Gasteiger charge is -1.87. The minimum absolute atomic E-state index is 1.09. The quantitative estimate of drug-likeness (QED) is 0.612. The molecule has 0 unspecified atom stereocenters. The molecule has 0 aromatic heterocycles. The Labute approximate surface area is 62.8 Å². The van der Waals surface area contributed by atoms with Crippen molar-refractivity contribution in [3.05, 3.63) is 23.8 Å². The van der Waals surface area contributed by atoms with Crippen LogP contribution in [0.4, 0.5) is 0 Å². The van der Waals surface area contributed by atoms with E-state index in [1.54, 1.807) is 0 Å². The maximum Gasteiger partial charge on any atom is 0.0168 e. The van der Waals surface area contributed by atoms with Gasteiger partial charge in [-0.2, -0.15) is 0 Å². The lowest BCUT2D eigenvalue weighted by atomic mass is 10.2. The fraction of sp³-hybridized carbons (Fsp3) is 0.556. The molecule has 0 radical (unpaired) electrons. The summed E-state index contributed by atoms with van der Waals surface area (Å²) in [6, 6.07) is 0. The molecule has 1 nitrogen and oxygen atoms in total. The molecular formula is C9H15N. The average molecular weight is 137 g/mol. The molecule has 1 aliphatic rings. The van der Waals surface area contributed by atoms with Crippen LogP contribution < -0.4 is 5.32 Å². The van der Waals surface area contributed by atoms with Crippen molar-refractivity contribution in [3.63, 3.8) is 0 Å². The summed E-state index contributed by atoms with van der Waals surface area (Å²) < 4.78 is 0. The second-order valence-electron chi connectivity index (χ2n) is 2.59. The Bertz CT molecular complexity index is 137. The van der Waals surface area contributed by atoms with Crippen LogP contribution in [0.5, 0.6) is 0 Å². The summed E-state index contributed by atoms with van der Waals surface area (Å²) in [6.45, 7) is 4.40. The molecule has 0 bridgehead atoms. The molecule has 1 fully saturated rings. The highest BCUT2D eigenvalue weighted by atomic mass is 14.9. The summed E-state index contributed by atoms with van der Waals surface area (Å²) in [5.41, 5.74) is 1.53. The maximum atomic E-state index is 3.30. The number of rotatable bonds is 2. The molecule has 1 heteroatoms. The molecule has 0 aliphatic carbocycles. The van der Waals surface area contributed by atoms with Crippen molar-refractivity contribution in [2.24, 2.45) is 0 Å². The number of nitrogens with one attached hydrogen (secondary N) is 1. The fourth-order valence-corrected chi connectivity index (χ4v) is 1.07. The molecule has 10 heavy (non-hydrogen) atoms. The standard InChI is InChI=1S/C9H15N/c1-2-3-4-5-9-6-7-10-8-9/h3-5,10H,2,6-8H2,1H3/b4-3-,9-5-. The zero-order chi connectivity index (χ0) is 7.23. The normalized spacial score (nSPS) is 23.1. The molecule has 0 aromatic rings. The first-order valence-electron chi connectivity index (χ1n) is 3.98. The molecule has 56 valence electrons. The van der Waals surface area contributed by atoms with Gasteiger partial charge in [0, 0.05) is 6.54 Å². The Morgan fingerprint density at radius 2 is 2.50 bits per heavy atom. The van der Waals surface area contributed by atoms with E-state index in [1.165, 1.54) is 12.0 Å². The predicted molar refractivity (Wildman–Crippen MR) is 45.0 cm³/mol. The Morgan fingerprint density at radius 3 is 3.10 bits per heavy atom. The van der Waals surface area contributed by atoms with Crippen LogP contribution in [0.2, 0.25) is 0 Å². The third-order valence-corrected chi connectivity index (χ3v) is 1.68. The molecule has 0 amide bonds. The SMILES string of the molecule is CC/C=C\C=C1\CCNC1. The van der Waals surface area contributed by atoms with E-state index in [0.29, 0.717) is 0 Å². The van der Waals surface area contributed by atoms with Crippen molar-refractivity contribution in [2.75, 3.05) is 13.1 Å². The summed E-state index contributed by atoms with van der Waals surface area (Å²) >= 11 is 0. The molecule has 0 aromatic carbocycles. The van der Waals surface area contributed by atoms with Gasteiger partial charge in [0.25, 0.3) is 0 Å². The van der Waals surface area contributed by atoms with Gasteiger partial charge in [-0.1, -0.05) is 30.7 Å². The van der Waals surface area contributed by atoms with E-state index in [9.17, 15) is 0 Å². The van der Waals surface area contributed by atoms with Crippen molar-refractivity contribution >= 4 is 0 Å². The van der Waals surface area contributed by atoms with Crippen LogP contribution in [-0.4, -0.2) is 13.1 Å². The highest BCUT2D eigenvalue weighted by Crippen LogP contribution is 2.04. The monoisotopic (exact) mass is 137 g/mol. The lowest BCUT2D eigenvalue weighted by molar-refractivity contribution is 0.862. The first-order chi connectivity index (χ1) is 4.93. The lowest BCUT2D eigenvalue weighted by Crippen LogP contribution is -2.04. The third kappa shape index (κ3) is 2.36. The van der Waals surface area contributed by atoms with Crippen molar-refractivity contribution in [1.29, 1.82) is 0 Å². The number of allylic oxidation sites excluding steroid dienone is 3. The molecule has 1 saturated heterocycles. The van der Waals surface area contributed by atoms with E-state index < -0.39 is 0 Å². The second kappa shape index (κ2) is 4.29. The zero-order valence-corrected chi connectivity index (χ0v) is 6.56. The molecule has 1 N–H and O–H groups in total. The minimum atomic E-state index is 1.09. The van der Waals surface area contributed by atoms with E-state index in [-0.39, 0.29) is 0 Å². The van der Waals surface area contributed by atoms with Crippen LogP contribution >= 0.6 is 0 Å². The molecule has 0 saturated carbocycles. The van der Waals surface area contributed by atoms with Crippen LogP contribution in [0.1, 0.15) is 19.8 Å². The molecule has 1 heterocycles. The largest absolute Gasteiger partial charge is 0.313 e. The second-order valence-corrected chi connectivity index (χ2v) is 2.59. The van der Waals surface area contributed by atoms with Crippen molar-refractivity contribution in [2.45, 2.75) is 19.8 Å². The van der Waals surface area contributed by atoms with Crippen molar-refractivity contribution in [3.8, 4) is 0 Å². The van der Waals surface area contributed by atoms with Gasteiger partial charge in [0.05, 0.1) is 0 Å². The van der Waals surface area contributed by atoms with E-state index in [1.807, 2.05) is 0 Å². The summed E-state index contributed by atoms with van der Waals surface area (Å²) in [7, 11) is 0. The van der Waals surface area contributed by atoms with Crippen molar-refractivity contribution in [1.82, 2.24) is 5.32 Å². The molecular weight excluding hydrogens is 122 g/mol. The fourth-order valence-electron chi connectivity index (χ4n) is 1.07. The van der Waals surface area contributed by atoms with Gasteiger partial charge in [0.1, 0.15) is 0 Å². The summed E-state index contributed by atoms with van der Waals surface area (Å²) in [4.78, 5) is 0. The first kappa shape index (κ1) is 7.55. The minimum Gasteiger partial charge on any atom is -0.313 e. The highest BCUT2D eigenvalue weighted by molar-refractivity contribution is 5.16. The van der Waals surface area contributed by atoms with Gasteiger partial charge in [-0.3, -0.25) is 0 Å². The van der Waals surface area contributed by atoms with Gasteiger partial charge in [-0.15, -0.1) is 0 Å². The van der Waals surface area contributed by atoms with Crippen LogP contribution in [0, 0.1) is 0 Å². The predicted octanol–water partition coefficient (Wildman–Crippen LogP) is 1.87. The van der Waals surface area contributed by atoms with Crippen molar-refractivity contribution < 1.29 is 0 Å². The Morgan fingerprint density at radius 1 is 1.60 bits per heavy atom. The van der Waals surface area contributed by atoms with E-state index in [2.05, 4.69) is 30.5 Å². The summed E-state index contributed by atoms with van der Waals surface area (Å²) in [5, 5.41) is 3.30. The van der Waals surface area contributed by atoms with Gasteiger partial charge < -0.3 is 5.32 Å². The van der Waals surface area contributed by atoms with Crippen LogP contribution in [-0.2, 0) is 0 Å². The highest BCUT2D eigenvalue weighted by Gasteiger charge is 2.02. The molecule has 0 spiro atoms. The first-order valence-corrected chi connectivity index (χ1v) is 3.98. The molecule has 1 aliphatic heterocycles. The smallest absolute Gasteiger partial charge is 0.0168 e. The number of hydrogen-bond donors (Lipinski definition) is 1. The zero-order valence-electron chi connectivity index (χ0n) is 6.56. The van der Waals surface area contributed by atoms with E-state index >= 15 is 0 Å². The average Bonchev–Trinajstić information content (AvgIpc) is 2.41. The van der Waals surface area contributed by atoms with Crippen LogP contribution in [0.3, 0.4) is 0 Å².